The van der Waals surface area contributed by atoms with Crippen LogP contribution in [0.15, 0.2) is 54.6 Å². The Balaban J connectivity index is 1.17. The molecule has 1 atom stereocenters. The van der Waals surface area contributed by atoms with E-state index in [1.807, 2.05) is 66.4 Å². The van der Waals surface area contributed by atoms with Crippen molar-refractivity contribution in [1.29, 1.82) is 0 Å². The van der Waals surface area contributed by atoms with E-state index in [1.54, 1.807) is 12.0 Å². The van der Waals surface area contributed by atoms with Gasteiger partial charge in [-0.15, -0.1) is 10.2 Å². The highest BCUT2D eigenvalue weighted by molar-refractivity contribution is 6.00. The van der Waals surface area contributed by atoms with Gasteiger partial charge in [0.15, 0.2) is 5.82 Å². The molecule has 3 aromatic rings. The second-order valence-electron chi connectivity index (χ2n) is 9.49. The lowest BCUT2D eigenvalue weighted by molar-refractivity contribution is -0.136. The van der Waals surface area contributed by atoms with Crippen LogP contribution in [0.25, 0.3) is 11.3 Å². The van der Waals surface area contributed by atoms with Gasteiger partial charge < -0.3 is 19.4 Å². The predicted molar refractivity (Wildman–Crippen MR) is 139 cm³/mol. The Hall–Kier alpha value is -3.94. The zero-order chi connectivity index (χ0) is 25.2. The van der Waals surface area contributed by atoms with Crippen molar-refractivity contribution in [2.24, 2.45) is 5.92 Å². The van der Waals surface area contributed by atoms with Gasteiger partial charge in [0.2, 0.25) is 11.8 Å². The normalized spacial score (nSPS) is 18.0. The third kappa shape index (κ3) is 4.76. The smallest absolute Gasteiger partial charge is 0.228 e. The number of piperazine rings is 1. The maximum absolute atomic E-state index is 13.2. The number of aryl methyl sites for hydroxylation is 2. The van der Waals surface area contributed by atoms with Crippen molar-refractivity contribution in [3.05, 3.63) is 65.7 Å². The van der Waals surface area contributed by atoms with Gasteiger partial charge in [0.25, 0.3) is 0 Å². The number of hydrogen-bond donors (Lipinski definition) is 0. The summed E-state index contributed by atoms with van der Waals surface area (Å²) >= 11 is 0. The first kappa shape index (κ1) is 23.8. The van der Waals surface area contributed by atoms with Crippen LogP contribution in [0.4, 0.5) is 11.5 Å². The van der Waals surface area contributed by atoms with Gasteiger partial charge in [-0.25, -0.2) is 0 Å². The summed E-state index contributed by atoms with van der Waals surface area (Å²) in [6.07, 6.45) is 0.268. The number of ether oxygens (including phenoxy) is 1. The van der Waals surface area contributed by atoms with Crippen molar-refractivity contribution in [2.75, 3.05) is 49.6 Å². The molecule has 2 aliphatic rings. The standard InChI is InChI=1S/C28H31N5O3/c1-19-4-7-23(16-20(19)2)33-18-22(17-27(33)34)28(35)32-14-12-31(13-15-32)26-11-10-25(29-30-26)21-5-8-24(36-3)9-6-21/h4-11,16,22H,12-15,17-18H2,1-3H3. The highest BCUT2D eigenvalue weighted by atomic mass is 16.5. The van der Waals surface area contributed by atoms with Crippen LogP contribution >= 0.6 is 0 Å². The Bertz CT molecular complexity index is 1250. The first-order chi connectivity index (χ1) is 17.4. The molecule has 0 spiro atoms. The van der Waals surface area contributed by atoms with Crippen molar-refractivity contribution >= 4 is 23.3 Å². The summed E-state index contributed by atoms with van der Waals surface area (Å²) in [6.45, 7) is 7.12. The predicted octanol–water partition coefficient (Wildman–Crippen LogP) is 3.47. The Labute approximate surface area is 211 Å². The molecule has 0 aliphatic carbocycles. The summed E-state index contributed by atoms with van der Waals surface area (Å²) in [5, 5.41) is 8.82. The van der Waals surface area contributed by atoms with Crippen molar-refractivity contribution < 1.29 is 14.3 Å². The van der Waals surface area contributed by atoms with Gasteiger partial charge in [-0.3, -0.25) is 9.59 Å². The molecule has 1 aromatic heterocycles. The maximum atomic E-state index is 13.2. The topological polar surface area (TPSA) is 78.9 Å². The summed E-state index contributed by atoms with van der Waals surface area (Å²) in [5.41, 5.74) is 4.99. The molecule has 1 unspecified atom stereocenters. The molecule has 5 rings (SSSR count). The average Bonchev–Trinajstić information content (AvgIpc) is 3.31. The zero-order valence-electron chi connectivity index (χ0n) is 21.0. The lowest BCUT2D eigenvalue weighted by Gasteiger charge is -2.36. The van der Waals surface area contributed by atoms with E-state index in [-0.39, 0.29) is 24.2 Å². The van der Waals surface area contributed by atoms with Gasteiger partial charge in [0.05, 0.1) is 18.7 Å². The second-order valence-corrected chi connectivity index (χ2v) is 9.49. The molecule has 186 valence electrons. The number of benzene rings is 2. The minimum Gasteiger partial charge on any atom is -0.497 e. The molecule has 36 heavy (non-hydrogen) atoms. The van der Waals surface area contributed by atoms with Gasteiger partial charge in [-0.2, -0.15) is 0 Å². The molecular weight excluding hydrogens is 454 g/mol. The van der Waals surface area contributed by atoms with Crippen molar-refractivity contribution in [3.63, 3.8) is 0 Å². The molecule has 0 saturated carbocycles. The van der Waals surface area contributed by atoms with Crippen LogP contribution in [0.5, 0.6) is 5.75 Å². The number of aromatic nitrogens is 2. The van der Waals surface area contributed by atoms with Crippen LogP contribution in [-0.4, -0.2) is 66.7 Å². The molecule has 2 amide bonds. The molecule has 8 nitrogen and oxygen atoms in total. The number of rotatable bonds is 5. The zero-order valence-corrected chi connectivity index (χ0v) is 21.0. The van der Waals surface area contributed by atoms with Crippen LogP contribution in [0.3, 0.4) is 0 Å². The van der Waals surface area contributed by atoms with E-state index in [1.165, 1.54) is 5.56 Å². The molecular formula is C28H31N5O3. The fourth-order valence-corrected chi connectivity index (χ4v) is 4.84. The first-order valence-corrected chi connectivity index (χ1v) is 12.3. The largest absolute Gasteiger partial charge is 0.497 e. The van der Waals surface area contributed by atoms with Gasteiger partial charge >= 0.3 is 0 Å². The molecule has 8 heteroatoms. The van der Waals surface area contributed by atoms with Crippen LogP contribution in [-0.2, 0) is 9.59 Å². The van der Waals surface area contributed by atoms with Crippen molar-refractivity contribution in [1.82, 2.24) is 15.1 Å². The number of anilines is 2. The minimum atomic E-state index is -0.297. The lowest BCUT2D eigenvalue weighted by Crippen LogP contribution is -2.51. The third-order valence-corrected chi connectivity index (χ3v) is 7.23. The Morgan fingerprint density at radius 3 is 2.31 bits per heavy atom. The van der Waals surface area contributed by atoms with E-state index in [2.05, 4.69) is 22.0 Å². The third-order valence-electron chi connectivity index (χ3n) is 7.23. The molecule has 0 bridgehead atoms. The van der Waals surface area contributed by atoms with Gasteiger partial charge in [0, 0.05) is 50.4 Å². The van der Waals surface area contributed by atoms with Crippen LogP contribution < -0.4 is 14.5 Å². The average molecular weight is 486 g/mol. The van der Waals surface area contributed by atoms with Crippen molar-refractivity contribution in [2.45, 2.75) is 20.3 Å². The monoisotopic (exact) mass is 485 g/mol. The summed E-state index contributed by atoms with van der Waals surface area (Å²) in [5.74, 6) is 1.39. The molecule has 2 saturated heterocycles. The SMILES string of the molecule is COc1ccc(-c2ccc(N3CCN(C(=O)C4CC(=O)N(c5ccc(C)c(C)c5)C4)CC3)nn2)cc1. The molecule has 2 fully saturated rings. The number of methoxy groups -OCH3 is 1. The van der Waals surface area contributed by atoms with Gasteiger partial charge in [-0.05, 0) is 73.5 Å². The van der Waals surface area contributed by atoms with E-state index in [0.717, 1.165) is 34.1 Å². The maximum Gasteiger partial charge on any atom is 0.228 e. The van der Waals surface area contributed by atoms with E-state index in [4.69, 9.17) is 4.74 Å². The highest BCUT2D eigenvalue weighted by Gasteiger charge is 2.38. The van der Waals surface area contributed by atoms with E-state index < -0.39 is 0 Å². The molecule has 3 heterocycles. The fourth-order valence-electron chi connectivity index (χ4n) is 4.84. The molecule has 2 aromatic carbocycles. The van der Waals surface area contributed by atoms with Crippen LogP contribution in [0, 0.1) is 19.8 Å². The van der Waals surface area contributed by atoms with Gasteiger partial charge in [0.1, 0.15) is 5.75 Å². The summed E-state index contributed by atoms with van der Waals surface area (Å²) in [6, 6.07) is 17.7. The first-order valence-electron chi connectivity index (χ1n) is 12.3. The lowest BCUT2D eigenvalue weighted by atomic mass is 10.1. The Morgan fingerprint density at radius 1 is 0.917 bits per heavy atom. The molecule has 0 N–H and O–H groups in total. The van der Waals surface area contributed by atoms with E-state index in [9.17, 15) is 9.59 Å². The summed E-state index contributed by atoms with van der Waals surface area (Å²) < 4.78 is 5.21. The minimum absolute atomic E-state index is 0.0162. The summed E-state index contributed by atoms with van der Waals surface area (Å²) in [7, 11) is 1.64. The van der Waals surface area contributed by atoms with E-state index in [0.29, 0.717) is 32.7 Å². The highest BCUT2D eigenvalue weighted by Crippen LogP contribution is 2.28. The quantitative estimate of drug-likeness (QED) is 0.551. The van der Waals surface area contributed by atoms with Crippen LogP contribution in [0.2, 0.25) is 0 Å². The fraction of sp³-hybridized carbons (Fsp3) is 0.357. The molecule has 0 radical (unpaired) electrons. The second kappa shape index (κ2) is 9.97. The number of hydrogen-bond acceptors (Lipinski definition) is 6. The molecule has 2 aliphatic heterocycles. The van der Waals surface area contributed by atoms with E-state index >= 15 is 0 Å². The van der Waals surface area contributed by atoms with Crippen LogP contribution in [0.1, 0.15) is 17.5 Å². The van der Waals surface area contributed by atoms with Crippen molar-refractivity contribution in [3.8, 4) is 17.0 Å². The number of carbonyl (C=O) groups excluding carboxylic acids is 2. The number of carbonyl (C=O) groups is 2. The Morgan fingerprint density at radius 2 is 1.67 bits per heavy atom. The van der Waals surface area contributed by atoms with Gasteiger partial charge in [-0.1, -0.05) is 6.07 Å². The Kier molecular flexibility index (Phi) is 6.59. The number of amides is 2. The number of nitrogens with zero attached hydrogens (tertiary/aromatic N) is 5. The summed E-state index contributed by atoms with van der Waals surface area (Å²) in [4.78, 5) is 31.7.